The molecule has 0 bridgehead atoms. The van der Waals surface area contributed by atoms with E-state index in [0.29, 0.717) is 6.54 Å². The Balaban J connectivity index is 2.62. The van der Waals surface area contributed by atoms with Gasteiger partial charge in [0.2, 0.25) is 16.0 Å². The summed E-state index contributed by atoms with van der Waals surface area (Å²) in [5.41, 5.74) is 0. The maximum atomic E-state index is 13.3. The van der Waals surface area contributed by atoms with E-state index >= 15 is 0 Å². The smallest absolute Gasteiger partial charge is 0.224 e. The zero-order chi connectivity index (χ0) is 14.6. The monoisotopic (exact) mass is 291 g/mol. The van der Waals surface area contributed by atoms with Gasteiger partial charge in [-0.1, -0.05) is 0 Å². The van der Waals surface area contributed by atoms with Crippen molar-refractivity contribution in [3.8, 4) is 0 Å². The van der Waals surface area contributed by atoms with E-state index in [1.54, 1.807) is 14.1 Å². The molecule has 7 nitrogen and oxygen atoms in total. The van der Waals surface area contributed by atoms with E-state index in [2.05, 4.69) is 15.3 Å². The third-order valence-electron chi connectivity index (χ3n) is 2.43. The molecule has 0 amide bonds. The van der Waals surface area contributed by atoms with Gasteiger partial charge in [0.1, 0.15) is 0 Å². The fourth-order valence-electron chi connectivity index (χ4n) is 1.25. The van der Waals surface area contributed by atoms with Crippen LogP contribution in [0.5, 0.6) is 0 Å². The summed E-state index contributed by atoms with van der Waals surface area (Å²) in [4.78, 5) is 9.31. The van der Waals surface area contributed by atoms with Crippen LogP contribution in [0.2, 0.25) is 0 Å². The van der Waals surface area contributed by atoms with Crippen LogP contribution in [-0.2, 0) is 10.0 Å². The molecule has 1 N–H and O–H groups in total. The van der Waals surface area contributed by atoms with E-state index in [0.717, 1.165) is 12.5 Å². The molecule has 0 fully saturated rings. The summed E-state index contributed by atoms with van der Waals surface area (Å²) >= 11 is 0. The summed E-state index contributed by atoms with van der Waals surface area (Å²) in [7, 11) is 1.63. The van der Waals surface area contributed by atoms with Gasteiger partial charge in [-0.3, -0.25) is 0 Å². The summed E-state index contributed by atoms with van der Waals surface area (Å²) in [5.74, 6) is -0.0789. The van der Waals surface area contributed by atoms with E-state index in [1.165, 1.54) is 16.3 Å². The Hall–Kier alpha value is -1.48. The lowest BCUT2D eigenvalue weighted by molar-refractivity contribution is 0.485. The first kappa shape index (κ1) is 15.6. The lowest BCUT2D eigenvalue weighted by atomic mass is 10.5. The number of rotatable bonds is 6. The number of hydrogen-bond acceptors (Lipinski definition) is 6. The zero-order valence-corrected chi connectivity index (χ0v) is 12.2. The Labute approximate surface area is 112 Å². The number of nitrogens with one attached hydrogen (secondary N) is 1. The normalized spacial score (nSPS) is 11.7. The minimum atomic E-state index is -3.20. The topological polar surface area (TPSA) is 78.4 Å². The van der Waals surface area contributed by atoms with Gasteiger partial charge in [-0.2, -0.15) is 4.98 Å². The minimum Gasteiger partial charge on any atom is -0.360 e. The van der Waals surface area contributed by atoms with Crippen molar-refractivity contribution in [2.24, 2.45) is 0 Å². The summed E-state index contributed by atoms with van der Waals surface area (Å²) in [6, 6.07) is 0. The summed E-state index contributed by atoms with van der Waals surface area (Å²) in [5, 5.41) is 2.85. The third-order valence-corrected chi connectivity index (χ3v) is 3.74. The number of halogens is 1. The lowest BCUT2D eigenvalue weighted by Gasteiger charge is -2.15. The first-order valence-electron chi connectivity index (χ1n) is 5.57. The van der Waals surface area contributed by atoms with Crippen molar-refractivity contribution in [3.05, 3.63) is 12.0 Å². The van der Waals surface area contributed by atoms with Crippen LogP contribution < -0.4 is 10.2 Å². The first-order chi connectivity index (χ1) is 8.71. The zero-order valence-electron chi connectivity index (χ0n) is 11.4. The van der Waals surface area contributed by atoms with E-state index < -0.39 is 15.8 Å². The van der Waals surface area contributed by atoms with E-state index in [-0.39, 0.29) is 18.3 Å². The third kappa shape index (κ3) is 4.60. The van der Waals surface area contributed by atoms with Crippen LogP contribution in [0.15, 0.2) is 6.20 Å². The highest BCUT2D eigenvalue weighted by Crippen LogP contribution is 2.14. The molecule has 0 aliphatic rings. The molecule has 0 unspecified atom stereocenters. The Kier molecular flexibility index (Phi) is 5.01. The highest BCUT2D eigenvalue weighted by Gasteiger charge is 2.11. The van der Waals surface area contributed by atoms with Crippen molar-refractivity contribution in [3.63, 3.8) is 0 Å². The van der Waals surface area contributed by atoms with Crippen LogP contribution in [0.4, 0.5) is 16.2 Å². The predicted molar refractivity (Wildman–Crippen MR) is 72.3 cm³/mol. The maximum absolute atomic E-state index is 13.3. The van der Waals surface area contributed by atoms with Gasteiger partial charge in [0.25, 0.3) is 0 Å². The second-order valence-corrected chi connectivity index (χ2v) is 6.36. The molecule has 0 atom stereocenters. The summed E-state index contributed by atoms with van der Waals surface area (Å²) in [6.07, 6.45) is 2.20. The molecule has 1 rings (SSSR count). The van der Waals surface area contributed by atoms with Crippen molar-refractivity contribution in [2.75, 3.05) is 50.7 Å². The molecule has 9 heteroatoms. The van der Waals surface area contributed by atoms with Crippen molar-refractivity contribution in [1.29, 1.82) is 0 Å². The van der Waals surface area contributed by atoms with Gasteiger partial charge in [0, 0.05) is 34.2 Å². The van der Waals surface area contributed by atoms with Gasteiger partial charge >= 0.3 is 0 Å². The number of likely N-dealkylation sites (N-methyl/N-ethyl adjacent to an activating group) is 1. The summed E-state index contributed by atoms with van der Waals surface area (Å²) < 4.78 is 36.9. The molecule has 0 radical (unpaired) electrons. The average Bonchev–Trinajstić information content (AvgIpc) is 2.29. The van der Waals surface area contributed by atoms with Crippen LogP contribution in [0.1, 0.15) is 0 Å². The predicted octanol–water partition coefficient (Wildman–Crippen LogP) is -0.0150. The molecule has 0 saturated heterocycles. The van der Waals surface area contributed by atoms with Crippen molar-refractivity contribution in [1.82, 2.24) is 14.3 Å². The minimum absolute atomic E-state index is 0.175. The maximum Gasteiger partial charge on any atom is 0.224 e. The van der Waals surface area contributed by atoms with E-state index in [9.17, 15) is 12.8 Å². The number of hydrogen-bond donors (Lipinski definition) is 1. The van der Waals surface area contributed by atoms with E-state index in [1.807, 2.05) is 0 Å². The first-order valence-corrected chi connectivity index (χ1v) is 7.41. The van der Waals surface area contributed by atoms with Crippen LogP contribution in [0, 0.1) is 5.82 Å². The van der Waals surface area contributed by atoms with Gasteiger partial charge in [0.15, 0.2) is 11.6 Å². The molecule has 108 valence electrons. The Morgan fingerprint density at radius 1 is 1.37 bits per heavy atom. The quantitative estimate of drug-likeness (QED) is 0.794. The molecule has 1 aromatic heterocycles. The highest BCUT2D eigenvalue weighted by molar-refractivity contribution is 7.88. The molecule has 0 aromatic carbocycles. The largest absolute Gasteiger partial charge is 0.360 e. The van der Waals surface area contributed by atoms with Crippen molar-refractivity contribution in [2.45, 2.75) is 0 Å². The number of aromatic nitrogens is 2. The van der Waals surface area contributed by atoms with Crippen LogP contribution in [-0.4, -0.2) is 63.2 Å². The molecule has 0 aliphatic heterocycles. The Morgan fingerprint density at radius 2 is 2.00 bits per heavy atom. The van der Waals surface area contributed by atoms with Crippen LogP contribution in [0.25, 0.3) is 0 Å². The number of sulfonamides is 1. The SMILES string of the molecule is CN(C)c1nc(NCCN(C)S(C)(=O)=O)ncc1F. The second-order valence-electron chi connectivity index (χ2n) is 4.27. The fourth-order valence-corrected chi connectivity index (χ4v) is 1.67. The Morgan fingerprint density at radius 3 is 2.53 bits per heavy atom. The highest BCUT2D eigenvalue weighted by atomic mass is 32.2. The molecule has 1 heterocycles. The standard InChI is InChI=1S/C10H18FN5O2S/c1-15(2)9-8(11)7-13-10(14-9)12-5-6-16(3)19(4,17)18/h7H,5-6H2,1-4H3,(H,12,13,14). The molecular weight excluding hydrogens is 273 g/mol. The number of anilines is 2. The van der Waals surface area contributed by atoms with E-state index in [4.69, 9.17) is 0 Å². The van der Waals surface area contributed by atoms with Crippen molar-refractivity contribution >= 4 is 21.8 Å². The van der Waals surface area contributed by atoms with Gasteiger partial charge in [-0.15, -0.1) is 0 Å². The average molecular weight is 291 g/mol. The van der Waals surface area contributed by atoms with Crippen LogP contribution in [0.3, 0.4) is 0 Å². The molecule has 1 aromatic rings. The lowest BCUT2D eigenvalue weighted by Crippen LogP contribution is -2.30. The number of nitrogens with zero attached hydrogens (tertiary/aromatic N) is 4. The van der Waals surface area contributed by atoms with Gasteiger partial charge < -0.3 is 10.2 Å². The van der Waals surface area contributed by atoms with Gasteiger partial charge in [0.05, 0.1) is 12.5 Å². The molecule has 0 aliphatic carbocycles. The van der Waals surface area contributed by atoms with Gasteiger partial charge in [-0.25, -0.2) is 22.1 Å². The molecular formula is C10H18FN5O2S. The van der Waals surface area contributed by atoms with Crippen LogP contribution >= 0.6 is 0 Å². The van der Waals surface area contributed by atoms with Gasteiger partial charge in [-0.05, 0) is 0 Å². The Bertz CT molecular complexity index is 535. The second kappa shape index (κ2) is 6.11. The van der Waals surface area contributed by atoms with Crippen molar-refractivity contribution < 1.29 is 12.8 Å². The molecule has 0 saturated carbocycles. The summed E-state index contributed by atoms with van der Waals surface area (Å²) in [6.45, 7) is 0.610. The molecule has 19 heavy (non-hydrogen) atoms. The fraction of sp³-hybridized carbons (Fsp3) is 0.600. The molecule has 0 spiro atoms.